The van der Waals surface area contributed by atoms with Crippen molar-refractivity contribution < 1.29 is 0 Å². The van der Waals surface area contributed by atoms with Crippen molar-refractivity contribution in [1.82, 2.24) is 10.3 Å². The van der Waals surface area contributed by atoms with Gasteiger partial charge in [0.25, 0.3) is 0 Å². The van der Waals surface area contributed by atoms with Crippen molar-refractivity contribution in [2.45, 2.75) is 40.0 Å². The zero-order valence-corrected chi connectivity index (χ0v) is 14.3. The standard InChI is InChI=1S/C18H26N2S/c1-13(2)10-19-11-17(9-18-20-15(4)12-21-18)16-7-5-6-14(3)8-16/h5-8,12-13,17,19H,9-11H2,1-4H3. The Labute approximate surface area is 132 Å². The largest absolute Gasteiger partial charge is 0.316 e. The van der Waals surface area contributed by atoms with E-state index in [-0.39, 0.29) is 0 Å². The molecule has 0 saturated carbocycles. The van der Waals surface area contributed by atoms with Crippen LogP contribution in [0.25, 0.3) is 0 Å². The molecule has 2 rings (SSSR count). The number of aryl methyl sites for hydroxylation is 2. The van der Waals surface area contributed by atoms with Crippen molar-refractivity contribution in [3.63, 3.8) is 0 Å². The Kier molecular flexibility index (Phi) is 5.95. The molecule has 3 heteroatoms. The second kappa shape index (κ2) is 7.71. The highest BCUT2D eigenvalue weighted by molar-refractivity contribution is 7.09. The molecule has 21 heavy (non-hydrogen) atoms. The number of benzene rings is 1. The molecule has 1 aromatic carbocycles. The lowest BCUT2D eigenvalue weighted by atomic mass is 9.94. The predicted molar refractivity (Wildman–Crippen MR) is 92.2 cm³/mol. The molecule has 0 fully saturated rings. The predicted octanol–water partition coefficient (Wildman–Crippen LogP) is 4.33. The fraction of sp³-hybridized carbons (Fsp3) is 0.500. The van der Waals surface area contributed by atoms with Gasteiger partial charge in [0.05, 0.1) is 5.01 Å². The average Bonchev–Trinajstić information content (AvgIpc) is 2.83. The fourth-order valence-corrected chi connectivity index (χ4v) is 3.34. The van der Waals surface area contributed by atoms with Gasteiger partial charge in [0, 0.05) is 30.0 Å². The van der Waals surface area contributed by atoms with Gasteiger partial charge in [-0.1, -0.05) is 43.7 Å². The summed E-state index contributed by atoms with van der Waals surface area (Å²) in [5.41, 5.74) is 3.88. The first-order chi connectivity index (χ1) is 10.0. The van der Waals surface area contributed by atoms with Gasteiger partial charge in [-0.15, -0.1) is 11.3 Å². The molecule has 1 N–H and O–H groups in total. The molecule has 1 unspecified atom stereocenters. The Morgan fingerprint density at radius 2 is 2.00 bits per heavy atom. The van der Waals surface area contributed by atoms with Crippen LogP contribution in [-0.2, 0) is 6.42 Å². The third-order valence-corrected chi connectivity index (χ3v) is 4.53. The van der Waals surface area contributed by atoms with Crippen molar-refractivity contribution in [1.29, 1.82) is 0 Å². The summed E-state index contributed by atoms with van der Waals surface area (Å²) in [4.78, 5) is 4.63. The molecule has 114 valence electrons. The molecular formula is C18H26N2S. The van der Waals surface area contributed by atoms with E-state index in [2.05, 4.69) is 67.6 Å². The highest BCUT2D eigenvalue weighted by Gasteiger charge is 2.14. The van der Waals surface area contributed by atoms with E-state index >= 15 is 0 Å². The molecule has 0 aliphatic carbocycles. The normalized spacial score (nSPS) is 12.8. The molecule has 2 aromatic rings. The van der Waals surface area contributed by atoms with E-state index < -0.39 is 0 Å². The first kappa shape index (κ1) is 16.2. The Bertz CT molecular complexity index is 560. The van der Waals surface area contributed by atoms with Crippen LogP contribution in [-0.4, -0.2) is 18.1 Å². The lowest BCUT2D eigenvalue weighted by molar-refractivity contribution is 0.513. The van der Waals surface area contributed by atoms with Gasteiger partial charge in [0.2, 0.25) is 0 Å². The molecule has 0 amide bonds. The van der Waals surface area contributed by atoms with Crippen LogP contribution in [0.4, 0.5) is 0 Å². The summed E-state index contributed by atoms with van der Waals surface area (Å²) in [6.07, 6.45) is 1.02. The number of aromatic nitrogens is 1. The zero-order chi connectivity index (χ0) is 15.2. The highest BCUT2D eigenvalue weighted by atomic mass is 32.1. The third-order valence-electron chi connectivity index (χ3n) is 3.54. The van der Waals surface area contributed by atoms with E-state index in [1.165, 1.54) is 16.1 Å². The maximum atomic E-state index is 4.63. The van der Waals surface area contributed by atoms with E-state index in [1.807, 2.05) is 0 Å². The lowest BCUT2D eigenvalue weighted by Gasteiger charge is -2.18. The van der Waals surface area contributed by atoms with Gasteiger partial charge in [0.1, 0.15) is 0 Å². The van der Waals surface area contributed by atoms with Crippen LogP contribution in [0, 0.1) is 19.8 Å². The number of rotatable bonds is 7. The summed E-state index contributed by atoms with van der Waals surface area (Å²) in [5, 5.41) is 6.99. The highest BCUT2D eigenvalue weighted by Crippen LogP contribution is 2.23. The van der Waals surface area contributed by atoms with Gasteiger partial charge in [0.15, 0.2) is 0 Å². The van der Waals surface area contributed by atoms with E-state index in [0.29, 0.717) is 11.8 Å². The van der Waals surface area contributed by atoms with Gasteiger partial charge in [-0.05, 0) is 31.9 Å². The summed E-state index contributed by atoms with van der Waals surface area (Å²) < 4.78 is 0. The molecular weight excluding hydrogens is 276 g/mol. The number of thiazole rings is 1. The minimum absolute atomic E-state index is 0.495. The molecule has 0 spiro atoms. The smallest absolute Gasteiger partial charge is 0.0934 e. The van der Waals surface area contributed by atoms with Crippen LogP contribution in [0.5, 0.6) is 0 Å². The number of hydrogen-bond acceptors (Lipinski definition) is 3. The third kappa shape index (κ3) is 5.25. The zero-order valence-electron chi connectivity index (χ0n) is 13.5. The minimum atomic E-state index is 0.495. The van der Waals surface area contributed by atoms with Crippen LogP contribution in [0.15, 0.2) is 29.6 Å². The summed E-state index contributed by atoms with van der Waals surface area (Å²) in [6.45, 7) is 10.8. The van der Waals surface area contributed by atoms with Crippen LogP contribution in [0.3, 0.4) is 0 Å². The SMILES string of the molecule is Cc1cccc(C(CNCC(C)C)Cc2nc(C)cs2)c1. The summed E-state index contributed by atoms with van der Waals surface area (Å²) in [7, 11) is 0. The van der Waals surface area contributed by atoms with Crippen LogP contribution >= 0.6 is 11.3 Å². The summed E-state index contributed by atoms with van der Waals surface area (Å²) in [5.74, 6) is 1.18. The van der Waals surface area contributed by atoms with Gasteiger partial charge >= 0.3 is 0 Å². The molecule has 0 aliphatic heterocycles. The van der Waals surface area contributed by atoms with Crippen LogP contribution < -0.4 is 5.32 Å². The molecule has 1 aromatic heterocycles. The molecule has 1 heterocycles. The second-order valence-corrected chi connectivity index (χ2v) is 7.19. The average molecular weight is 302 g/mol. The molecule has 2 nitrogen and oxygen atoms in total. The van der Waals surface area contributed by atoms with Crippen molar-refractivity contribution in [2.24, 2.45) is 5.92 Å². The maximum Gasteiger partial charge on any atom is 0.0934 e. The fourth-order valence-electron chi connectivity index (χ4n) is 2.49. The monoisotopic (exact) mass is 302 g/mol. The van der Waals surface area contributed by atoms with E-state index in [0.717, 1.165) is 25.2 Å². The van der Waals surface area contributed by atoms with E-state index in [9.17, 15) is 0 Å². The molecule has 0 saturated heterocycles. The summed E-state index contributed by atoms with van der Waals surface area (Å²) >= 11 is 1.78. The van der Waals surface area contributed by atoms with Gasteiger partial charge in [-0.2, -0.15) is 0 Å². The Balaban J connectivity index is 2.09. The number of nitrogens with one attached hydrogen (secondary N) is 1. The number of hydrogen-bond donors (Lipinski definition) is 1. The topological polar surface area (TPSA) is 24.9 Å². The van der Waals surface area contributed by atoms with Crippen molar-refractivity contribution in [3.05, 3.63) is 51.5 Å². The first-order valence-electron chi connectivity index (χ1n) is 7.73. The Hall–Kier alpha value is -1.19. The minimum Gasteiger partial charge on any atom is -0.316 e. The van der Waals surface area contributed by atoms with Gasteiger partial charge in [-0.3, -0.25) is 0 Å². The molecule has 0 bridgehead atoms. The van der Waals surface area contributed by atoms with Crippen molar-refractivity contribution in [3.8, 4) is 0 Å². The first-order valence-corrected chi connectivity index (χ1v) is 8.61. The maximum absolute atomic E-state index is 4.63. The summed E-state index contributed by atoms with van der Waals surface area (Å²) in [6, 6.07) is 8.88. The van der Waals surface area contributed by atoms with Crippen molar-refractivity contribution in [2.75, 3.05) is 13.1 Å². The lowest BCUT2D eigenvalue weighted by Crippen LogP contribution is -2.26. The Morgan fingerprint density at radius 1 is 1.19 bits per heavy atom. The van der Waals surface area contributed by atoms with Gasteiger partial charge < -0.3 is 5.32 Å². The van der Waals surface area contributed by atoms with Crippen molar-refractivity contribution >= 4 is 11.3 Å². The van der Waals surface area contributed by atoms with Gasteiger partial charge in [-0.25, -0.2) is 4.98 Å². The van der Waals surface area contributed by atoms with E-state index in [4.69, 9.17) is 0 Å². The Morgan fingerprint density at radius 3 is 2.62 bits per heavy atom. The quantitative estimate of drug-likeness (QED) is 0.823. The number of nitrogens with zero attached hydrogens (tertiary/aromatic N) is 1. The van der Waals surface area contributed by atoms with E-state index in [1.54, 1.807) is 11.3 Å². The van der Waals surface area contributed by atoms with Crippen LogP contribution in [0.2, 0.25) is 0 Å². The molecule has 1 atom stereocenters. The molecule has 0 aliphatic rings. The second-order valence-electron chi connectivity index (χ2n) is 6.25. The molecule has 0 radical (unpaired) electrons. The van der Waals surface area contributed by atoms with Crippen LogP contribution in [0.1, 0.15) is 41.6 Å².